The Morgan fingerprint density at radius 3 is 2.57 bits per heavy atom. The van der Waals surface area contributed by atoms with E-state index in [4.69, 9.17) is 10.8 Å². The lowest BCUT2D eigenvalue weighted by molar-refractivity contribution is -0.384. The molecule has 21 heavy (non-hydrogen) atoms. The lowest BCUT2D eigenvalue weighted by Crippen LogP contribution is -2.46. The van der Waals surface area contributed by atoms with Crippen LogP contribution in [0.2, 0.25) is 0 Å². The van der Waals surface area contributed by atoms with Gasteiger partial charge in [-0.05, 0) is 13.0 Å². The minimum Gasteiger partial charge on any atom is -0.479 e. The SMILES string of the molecule is CC(O)(CNC(=O)c1cc(F)cc([N+](=O)[O-])c1N)C(=O)O. The number of halogens is 1. The van der Waals surface area contributed by atoms with Gasteiger partial charge < -0.3 is 21.3 Å². The molecule has 0 bridgehead atoms. The Kier molecular flexibility index (Phi) is 4.43. The van der Waals surface area contributed by atoms with Crippen LogP contribution in [0.4, 0.5) is 15.8 Å². The van der Waals surface area contributed by atoms with Crippen LogP contribution in [0.3, 0.4) is 0 Å². The van der Waals surface area contributed by atoms with Crippen molar-refractivity contribution in [3.05, 3.63) is 33.6 Å². The van der Waals surface area contributed by atoms with Gasteiger partial charge in [-0.2, -0.15) is 0 Å². The number of nitrogens with two attached hydrogens (primary N) is 1. The first-order valence-corrected chi connectivity index (χ1v) is 5.53. The zero-order valence-corrected chi connectivity index (χ0v) is 10.8. The quantitative estimate of drug-likeness (QED) is 0.335. The number of benzene rings is 1. The highest BCUT2D eigenvalue weighted by Crippen LogP contribution is 2.26. The van der Waals surface area contributed by atoms with E-state index in [-0.39, 0.29) is 0 Å². The molecule has 0 fully saturated rings. The second-order valence-electron chi connectivity index (χ2n) is 4.40. The molecule has 1 rings (SSSR count). The number of rotatable bonds is 5. The van der Waals surface area contributed by atoms with Gasteiger partial charge in [-0.25, -0.2) is 9.18 Å². The van der Waals surface area contributed by atoms with Crippen LogP contribution in [0.15, 0.2) is 12.1 Å². The summed E-state index contributed by atoms with van der Waals surface area (Å²) in [6.45, 7) is 0.248. The van der Waals surface area contributed by atoms with Gasteiger partial charge in [0.05, 0.1) is 23.1 Å². The van der Waals surface area contributed by atoms with Crippen LogP contribution in [0.1, 0.15) is 17.3 Å². The summed E-state index contributed by atoms with van der Waals surface area (Å²) in [6.07, 6.45) is 0. The highest BCUT2D eigenvalue weighted by Gasteiger charge is 2.31. The molecule has 1 aromatic rings. The summed E-state index contributed by atoms with van der Waals surface area (Å²) >= 11 is 0. The zero-order chi connectivity index (χ0) is 16.4. The Morgan fingerprint density at radius 1 is 1.52 bits per heavy atom. The van der Waals surface area contributed by atoms with Crippen molar-refractivity contribution < 1.29 is 29.1 Å². The average Bonchev–Trinajstić information content (AvgIpc) is 2.37. The van der Waals surface area contributed by atoms with E-state index < -0.39 is 51.7 Å². The summed E-state index contributed by atoms with van der Waals surface area (Å²) in [5, 5.41) is 30.8. The first-order valence-electron chi connectivity index (χ1n) is 5.53. The number of nitrogens with zero attached hydrogens (tertiary/aromatic N) is 1. The maximum absolute atomic E-state index is 13.2. The van der Waals surface area contributed by atoms with Gasteiger partial charge in [0, 0.05) is 0 Å². The van der Waals surface area contributed by atoms with Crippen LogP contribution in [-0.4, -0.2) is 39.2 Å². The number of aliphatic hydroxyl groups is 1. The molecule has 1 atom stereocenters. The molecule has 0 aliphatic rings. The molecule has 10 heteroatoms. The van der Waals surface area contributed by atoms with Crippen molar-refractivity contribution in [1.29, 1.82) is 0 Å². The number of carbonyl (C=O) groups excluding carboxylic acids is 1. The van der Waals surface area contributed by atoms with Crippen molar-refractivity contribution in [2.45, 2.75) is 12.5 Å². The molecule has 5 N–H and O–H groups in total. The van der Waals surface area contributed by atoms with Gasteiger partial charge in [-0.15, -0.1) is 0 Å². The number of carboxylic acids is 1. The highest BCUT2D eigenvalue weighted by molar-refractivity contribution is 6.01. The second-order valence-corrected chi connectivity index (χ2v) is 4.40. The number of nitro benzene ring substituents is 1. The number of hydrogen-bond acceptors (Lipinski definition) is 6. The minimum absolute atomic E-state index is 0.525. The molecular weight excluding hydrogens is 289 g/mol. The fourth-order valence-electron chi connectivity index (χ4n) is 1.37. The number of anilines is 1. The van der Waals surface area contributed by atoms with Gasteiger partial charge in [0.25, 0.3) is 11.6 Å². The molecule has 0 radical (unpaired) electrons. The standard InChI is InChI=1S/C11H12FN3O6/c1-11(19,10(17)18)4-14-9(16)6-2-5(12)3-7(8(6)13)15(20)21/h2-3,19H,4,13H2,1H3,(H,14,16)(H,17,18). The molecule has 9 nitrogen and oxygen atoms in total. The molecule has 0 spiro atoms. The van der Waals surface area contributed by atoms with E-state index in [9.17, 15) is 29.2 Å². The largest absolute Gasteiger partial charge is 0.479 e. The molecule has 0 aromatic heterocycles. The van der Waals surface area contributed by atoms with Gasteiger partial charge in [0.15, 0.2) is 5.60 Å². The van der Waals surface area contributed by atoms with Crippen LogP contribution in [0.25, 0.3) is 0 Å². The van der Waals surface area contributed by atoms with E-state index in [1.165, 1.54) is 0 Å². The van der Waals surface area contributed by atoms with E-state index in [0.717, 1.165) is 6.92 Å². The lowest BCUT2D eigenvalue weighted by Gasteiger charge is -2.18. The fourth-order valence-corrected chi connectivity index (χ4v) is 1.37. The summed E-state index contributed by atoms with van der Waals surface area (Å²) in [4.78, 5) is 32.1. The number of hydrogen-bond donors (Lipinski definition) is 4. The third-order valence-electron chi connectivity index (χ3n) is 2.62. The van der Waals surface area contributed by atoms with Crippen molar-refractivity contribution in [1.82, 2.24) is 5.32 Å². The van der Waals surface area contributed by atoms with Crippen molar-refractivity contribution in [3.8, 4) is 0 Å². The Hall–Kier alpha value is -2.75. The molecule has 0 heterocycles. The fraction of sp³-hybridized carbons (Fsp3) is 0.273. The summed E-state index contributed by atoms with van der Waals surface area (Å²) < 4.78 is 13.2. The van der Waals surface area contributed by atoms with Crippen molar-refractivity contribution in [2.75, 3.05) is 12.3 Å². The van der Waals surface area contributed by atoms with E-state index in [0.29, 0.717) is 12.1 Å². The Bertz CT molecular complexity index is 616. The number of carboxylic acid groups (broad SMARTS) is 1. The molecule has 0 saturated heterocycles. The van der Waals surface area contributed by atoms with E-state index >= 15 is 0 Å². The molecule has 1 unspecified atom stereocenters. The van der Waals surface area contributed by atoms with Crippen molar-refractivity contribution in [2.24, 2.45) is 0 Å². The van der Waals surface area contributed by atoms with Gasteiger partial charge in [0.1, 0.15) is 11.5 Å². The Morgan fingerprint density at radius 2 is 2.10 bits per heavy atom. The number of nitrogen functional groups attached to an aromatic ring is 1. The first kappa shape index (κ1) is 16.3. The molecule has 114 valence electrons. The van der Waals surface area contributed by atoms with E-state index in [2.05, 4.69) is 0 Å². The number of aliphatic carboxylic acids is 1. The lowest BCUT2D eigenvalue weighted by atomic mass is 10.1. The third kappa shape index (κ3) is 3.63. The Labute approximate surface area is 117 Å². The Balaban J connectivity index is 3.04. The molecule has 1 aromatic carbocycles. The molecule has 1 amide bonds. The van der Waals surface area contributed by atoms with Crippen molar-refractivity contribution >= 4 is 23.3 Å². The van der Waals surface area contributed by atoms with Crippen LogP contribution < -0.4 is 11.1 Å². The van der Waals surface area contributed by atoms with Crippen LogP contribution in [-0.2, 0) is 4.79 Å². The summed E-state index contributed by atoms with van der Waals surface area (Å²) in [5.74, 6) is -3.68. The minimum atomic E-state index is -2.25. The zero-order valence-electron chi connectivity index (χ0n) is 10.8. The number of carbonyl (C=O) groups is 2. The first-order chi connectivity index (χ1) is 9.56. The molecule has 0 aliphatic carbocycles. The molecule has 0 aliphatic heterocycles. The molecular formula is C11H12FN3O6. The van der Waals surface area contributed by atoms with Crippen LogP contribution in [0.5, 0.6) is 0 Å². The average molecular weight is 301 g/mol. The predicted octanol–water partition coefficient (Wildman–Crippen LogP) is -0.118. The predicted molar refractivity (Wildman–Crippen MR) is 68.1 cm³/mol. The number of nitrogens with one attached hydrogen (secondary N) is 1. The third-order valence-corrected chi connectivity index (χ3v) is 2.62. The van der Waals surface area contributed by atoms with Crippen LogP contribution in [0, 0.1) is 15.9 Å². The van der Waals surface area contributed by atoms with Gasteiger partial charge in [-0.3, -0.25) is 14.9 Å². The molecule has 0 saturated carbocycles. The van der Waals surface area contributed by atoms with Gasteiger partial charge in [0.2, 0.25) is 0 Å². The summed E-state index contributed by atoms with van der Waals surface area (Å²) in [7, 11) is 0. The normalized spacial score (nSPS) is 13.3. The highest BCUT2D eigenvalue weighted by atomic mass is 19.1. The van der Waals surface area contributed by atoms with Crippen LogP contribution >= 0.6 is 0 Å². The van der Waals surface area contributed by atoms with E-state index in [1.807, 2.05) is 5.32 Å². The topological polar surface area (TPSA) is 156 Å². The maximum Gasteiger partial charge on any atom is 0.337 e. The van der Waals surface area contributed by atoms with Gasteiger partial charge in [-0.1, -0.05) is 0 Å². The number of amides is 1. The summed E-state index contributed by atoms with van der Waals surface area (Å²) in [5.41, 5.74) is 1.29. The summed E-state index contributed by atoms with van der Waals surface area (Å²) in [6, 6.07) is 1.23. The van der Waals surface area contributed by atoms with E-state index in [1.54, 1.807) is 0 Å². The maximum atomic E-state index is 13.2. The van der Waals surface area contributed by atoms with Gasteiger partial charge >= 0.3 is 5.97 Å². The monoisotopic (exact) mass is 301 g/mol. The second kappa shape index (κ2) is 5.71. The smallest absolute Gasteiger partial charge is 0.337 e. The van der Waals surface area contributed by atoms with Crippen molar-refractivity contribution in [3.63, 3.8) is 0 Å². The number of nitro groups is 1.